The predicted molar refractivity (Wildman–Crippen MR) is 102 cm³/mol. The summed E-state index contributed by atoms with van der Waals surface area (Å²) >= 11 is 0. The number of amides is 2. The first-order valence-electron chi connectivity index (χ1n) is 8.69. The highest BCUT2D eigenvalue weighted by molar-refractivity contribution is 5.83. The van der Waals surface area contributed by atoms with E-state index in [1.54, 1.807) is 10.9 Å². The molecule has 1 aromatic heterocycles. The summed E-state index contributed by atoms with van der Waals surface area (Å²) in [6, 6.07) is 13.8. The van der Waals surface area contributed by atoms with Gasteiger partial charge in [-0.15, -0.1) is 0 Å². The number of hydrogen-bond donors (Lipinski definition) is 2. The number of aryl methyl sites for hydroxylation is 1. The highest BCUT2D eigenvalue weighted by atomic mass is 16.5. The Morgan fingerprint density at radius 1 is 1.23 bits per heavy atom. The Bertz CT molecular complexity index is 904. The molecule has 0 saturated heterocycles. The molecule has 0 aliphatic heterocycles. The van der Waals surface area contributed by atoms with Gasteiger partial charge in [0.15, 0.2) is 0 Å². The molecule has 2 amide bonds. The van der Waals surface area contributed by atoms with Crippen molar-refractivity contribution < 1.29 is 9.53 Å². The third kappa shape index (κ3) is 4.14. The monoisotopic (exact) mass is 352 g/mol. The predicted octanol–water partition coefficient (Wildman–Crippen LogP) is 3.32. The van der Waals surface area contributed by atoms with E-state index >= 15 is 0 Å². The number of ether oxygens (including phenoxy) is 1. The molecular formula is C20H24N4O2. The highest BCUT2D eigenvalue weighted by Gasteiger charge is 2.14. The molecule has 2 N–H and O–H groups in total. The van der Waals surface area contributed by atoms with Gasteiger partial charge in [-0.3, -0.25) is 4.68 Å². The molecule has 0 unspecified atom stereocenters. The average molecular weight is 352 g/mol. The molecule has 0 saturated carbocycles. The minimum atomic E-state index is -0.220. The first-order valence-corrected chi connectivity index (χ1v) is 8.69. The summed E-state index contributed by atoms with van der Waals surface area (Å²) in [5.41, 5.74) is 2.05. The third-order valence-corrected chi connectivity index (χ3v) is 4.46. The van der Waals surface area contributed by atoms with Gasteiger partial charge in [-0.05, 0) is 36.8 Å². The summed E-state index contributed by atoms with van der Waals surface area (Å²) in [7, 11) is 1.88. The van der Waals surface area contributed by atoms with E-state index in [-0.39, 0.29) is 12.1 Å². The van der Waals surface area contributed by atoms with Crippen molar-refractivity contribution in [3.63, 3.8) is 0 Å². The zero-order valence-electron chi connectivity index (χ0n) is 15.3. The Morgan fingerprint density at radius 3 is 2.73 bits per heavy atom. The van der Waals surface area contributed by atoms with Crippen LogP contribution >= 0.6 is 0 Å². The van der Waals surface area contributed by atoms with E-state index < -0.39 is 0 Å². The number of carbonyl (C=O) groups is 1. The van der Waals surface area contributed by atoms with E-state index in [0.717, 1.165) is 22.4 Å². The fraction of sp³-hybridized carbons (Fsp3) is 0.300. The Morgan fingerprint density at radius 2 is 2.00 bits per heavy atom. The van der Waals surface area contributed by atoms with Crippen LogP contribution in [0.15, 0.2) is 48.7 Å². The minimum absolute atomic E-state index is 0.106. The van der Waals surface area contributed by atoms with Gasteiger partial charge in [-0.25, -0.2) is 4.79 Å². The third-order valence-electron chi connectivity index (χ3n) is 4.46. The van der Waals surface area contributed by atoms with Gasteiger partial charge in [0.1, 0.15) is 12.4 Å². The van der Waals surface area contributed by atoms with Gasteiger partial charge in [0, 0.05) is 18.3 Å². The highest BCUT2D eigenvalue weighted by Crippen LogP contribution is 2.20. The van der Waals surface area contributed by atoms with Crippen molar-refractivity contribution >= 4 is 16.8 Å². The van der Waals surface area contributed by atoms with Crippen molar-refractivity contribution in [2.24, 2.45) is 7.05 Å². The van der Waals surface area contributed by atoms with Crippen molar-refractivity contribution in [1.82, 2.24) is 20.4 Å². The Labute approximate surface area is 153 Å². The second kappa shape index (κ2) is 7.91. The van der Waals surface area contributed by atoms with Crippen molar-refractivity contribution in [2.45, 2.75) is 19.9 Å². The van der Waals surface area contributed by atoms with Crippen molar-refractivity contribution in [2.75, 3.05) is 13.2 Å². The lowest BCUT2D eigenvalue weighted by Gasteiger charge is -2.15. The number of nitrogens with one attached hydrogen (secondary N) is 2. The zero-order valence-corrected chi connectivity index (χ0v) is 15.3. The van der Waals surface area contributed by atoms with E-state index in [9.17, 15) is 4.79 Å². The molecule has 0 fully saturated rings. The largest absolute Gasteiger partial charge is 0.492 e. The van der Waals surface area contributed by atoms with Gasteiger partial charge in [0.25, 0.3) is 0 Å². The summed E-state index contributed by atoms with van der Waals surface area (Å²) in [5, 5.41) is 12.2. The van der Waals surface area contributed by atoms with Crippen LogP contribution in [0.25, 0.3) is 10.8 Å². The van der Waals surface area contributed by atoms with Gasteiger partial charge in [-0.1, -0.05) is 30.3 Å². The van der Waals surface area contributed by atoms with Crippen molar-refractivity contribution in [3.8, 4) is 5.75 Å². The van der Waals surface area contributed by atoms with Crippen molar-refractivity contribution in [3.05, 3.63) is 59.9 Å². The number of hydrogen-bond acceptors (Lipinski definition) is 3. The Hall–Kier alpha value is -3.02. The van der Waals surface area contributed by atoms with Crippen LogP contribution in [-0.4, -0.2) is 29.0 Å². The molecule has 1 atom stereocenters. The zero-order chi connectivity index (χ0) is 18.5. The van der Waals surface area contributed by atoms with E-state index in [0.29, 0.717) is 13.2 Å². The minimum Gasteiger partial charge on any atom is -0.492 e. The van der Waals surface area contributed by atoms with Gasteiger partial charge in [-0.2, -0.15) is 5.10 Å². The molecule has 2 aromatic carbocycles. The number of aromatic nitrogens is 2. The van der Waals surface area contributed by atoms with Crippen LogP contribution in [0.1, 0.15) is 24.2 Å². The number of rotatable bonds is 6. The normalized spacial score (nSPS) is 12.0. The lowest BCUT2D eigenvalue weighted by Crippen LogP contribution is -2.39. The van der Waals surface area contributed by atoms with E-state index in [1.165, 1.54) is 5.39 Å². The summed E-state index contributed by atoms with van der Waals surface area (Å²) in [4.78, 5) is 12.0. The maximum atomic E-state index is 12.0. The Kier molecular flexibility index (Phi) is 5.41. The second-order valence-electron chi connectivity index (χ2n) is 6.29. The number of nitrogens with zero attached hydrogens (tertiary/aromatic N) is 2. The van der Waals surface area contributed by atoms with Gasteiger partial charge in [0.05, 0.1) is 18.8 Å². The number of fused-ring (bicyclic) bond motifs is 1. The van der Waals surface area contributed by atoms with E-state index in [4.69, 9.17) is 4.74 Å². The fourth-order valence-corrected chi connectivity index (χ4v) is 2.86. The molecule has 136 valence electrons. The molecular weight excluding hydrogens is 328 g/mol. The van der Waals surface area contributed by atoms with E-state index in [1.807, 2.05) is 51.2 Å². The standard InChI is InChI=1S/C20H24N4O2/c1-14(19-13-22-24(3)15(19)2)23-20(25)21-10-11-26-18-9-8-16-6-4-5-7-17(16)12-18/h4-9,12-14H,10-11H2,1-3H3,(H2,21,23,25)/t14-/m1/s1. The maximum absolute atomic E-state index is 12.0. The molecule has 0 aliphatic rings. The van der Waals surface area contributed by atoms with Gasteiger partial charge < -0.3 is 15.4 Å². The van der Waals surface area contributed by atoms with Gasteiger partial charge >= 0.3 is 6.03 Å². The van der Waals surface area contributed by atoms with Crippen LogP contribution in [0, 0.1) is 6.92 Å². The fourth-order valence-electron chi connectivity index (χ4n) is 2.86. The Balaban J connectivity index is 1.44. The van der Waals surface area contributed by atoms with Gasteiger partial charge in [0.2, 0.25) is 0 Å². The lowest BCUT2D eigenvalue weighted by molar-refractivity contribution is 0.233. The van der Waals surface area contributed by atoms with Crippen LogP contribution < -0.4 is 15.4 Å². The number of carbonyl (C=O) groups excluding carboxylic acids is 1. The molecule has 0 spiro atoms. The van der Waals surface area contributed by atoms with Crippen molar-refractivity contribution in [1.29, 1.82) is 0 Å². The van der Waals surface area contributed by atoms with E-state index in [2.05, 4.69) is 27.9 Å². The van der Waals surface area contributed by atoms with Crippen LogP contribution in [0.3, 0.4) is 0 Å². The average Bonchev–Trinajstić information content (AvgIpc) is 2.97. The molecule has 3 rings (SSSR count). The van der Waals surface area contributed by atoms with Crippen LogP contribution in [0.4, 0.5) is 4.79 Å². The van der Waals surface area contributed by atoms with Crippen LogP contribution in [0.2, 0.25) is 0 Å². The first-order chi connectivity index (χ1) is 12.5. The maximum Gasteiger partial charge on any atom is 0.315 e. The molecule has 0 radical (unpaired) electrons. The SMILES string of the molecule is Cc1c([C@@H](C)NC(=O)NCCOc2ccc3ccccc3c2)cnn1C. The topological polar surface area (TPSA) is 68.2 Å². The summed E-state index contributed by atoms with van der Waals surface area (Å²) in [6.45, 7) is 4.76. The molecule has 0 aliphatic carbocycles. The first kappa shape index (κ1) is 17.8. The van der Waals surface area contributed by atoms with Crippen LogP contribution in [-0.2, 0) is 7.05 Å². The second-order valence-corrected chi connectivity index (χ2v) is 6.29. The molecule has 6 heteroatoms. The van der Waals surface area contributed by atoms with Crippen LogP contribution in [0.5, 0.6) is 5.75 Å². The summed E-state index contributed by atoms with van der Waals surface area (Å²) < 4.78 is 7.52. The molecule has 1 heterocycles. The summed E-state index contributed by atoms with van der Waals surface area (Å²) in [6.07, 6.45) is 1.78. The molecule has 0 bridgehead atoms. The summed E-state index contributed by atoms with van der Waals surface area (Å²) in [5.74, 6) is 0.797. The molecule has 6 nitrogen and oxygen atoms in total. The number of benzene rings is 2. The quantitative estimate of drug-likeness (QED) is 0.669. The lowest BCUT2D eigenvalue weighted by atomic mass is 10.1. The number of urea groups is 1. The smallest absolute Gasteiger partial charge is 0.315 e. The molecule has 3 aromatic rings. The molecule has 26 heavy (non-hydrogen) atoms.